The Morgan fingerprint density at radius 2 is 2.11 bits per heavy atom. The van der Waals surface area contributed by atoms with E-state index in [2.05, 4.69) is 33.3 Å². The predicted molar refractivity (Wildman–Crippen MR) is 78.8 cm³/mol. The van der Waals surface area contributed by atoms with Crippen molar-refractivity contribution in [1.29, 1.82) is 0 Å². The first kappa shape index (κ1) is 14.2. The molecule has 2 aromatic rings. The molecule has 0 aliphatic rings. The van der Waals surface area contributed by atoms with Gasteiger partial charge in [0.25, 0.3) is 0 Å². The van der Waals surface area contributed by atoms with E-state index in [1.54, 1.807) is 6.20 Å². The van der Waals surface area contributed by atoms with Crippen LogP contribution in [0, 0.1) is 0 Å². The van der Waals surface area contributed by atoms with E-state index in [4.69, 9.17) is 0 Å². The maximum absolute atomic E-state index is 9.51. The molecule has 1 aromatic carbocycles. The van der Waals surface area contributed by atoms with Crippen molar-refractivity contribution in [3.05, 3.63) is 52.8 Å². The van der Waals surface area contributed by atoms with Gasteiger partial charge in [0.1, 0.15) is 0 Å². The number of halogens is 1. The maximum Gasteiger partial charge on any atom is 0.0632 e. The summed E-state index contributed by atoms with van der Waals surface area (Å²) < 4.78 is 2.85. The first-order chi connectivity index (χ1) is 9.19. The molecule has 2 atom stereocenters. The van der Waals surface area contributed by atoms with Crippen molar-refractivity contribution in [2.24, 2.45) is 0 Å². The number of aliphatic hydroxyl groups excluding tert-OH is 1. The molecular formula is C14H18BrN3O. The average molecular weight is 324 g/mol. The monoisotopic (exact) mass is 323 g/mol. The first-order valence-electron chi connectivity index (χ1n) is 6.29. The van der Waals surface area contributed by atoms with Gasteiger partial charge in [-0.2, -0.15) is 5.10 Å². The van der Waals surface area contributed by atoms with Crippen LogP contribution in [0.4, 0.5) is 0 Å². The molecule has 0 amide bonds. The third kappa shape index (κ3) is 4.16. The lowest BCUT2D eigenvalue weighted by molar-refractivity contribution is 0.230. The SMILES string of the molecule is CC(Cn1cc(Br)cn1)NC(CO)c1ccccc1. The van der Waals surface area contributed by atoms with Crippen molar-refractivity contribution in [2.75, 3.05) is 6.61 Å². The lowest BCUT2D eigenvalue weighted by Crippen LogP contribution is -2.35. The Kier molecular flexibility index (Phi) is 5.13. The predicted octanol–water partition coefficient (Wildman–Crippen LogP) is 2.36. The van der Waals surface area contributed by atoms with Gasteiger partial charge in [0.15, 0.2) is 0 Å². The highest BCUT2D eigenvalue weighted by atomic mass is 79.9. The van der Waals surface area contributed by atoms with Gasteiger partial charge in [-0.25, -0.2) is 0 Å². The molecule has 0 radical (unpaired) electrons. The van der Waals surface area contributed by atoms with Gasteiger partial charge < -0.3 is 10.4 Å². The van der Waals surface area contributed by atoms with Crippen molar-refractivity contribution in [3.8, 4) is 0 Å². The van der Waals surface area contributed by atoms with Crippen LogP contribution in [0.25, 0.3) is 0 Å². The minimum absolute atomic E-state index is 0.0461. The number of nitrogens with one attached hydrogen (secondary N) is 1. The van der Waals surface area contributed by atoms with Gasteiger partial charge in [-0.15, -0.1) is 0 Å². The topological polar surface area (TPSA) is 50.1 Å². The highest BCUT2D eigenvalue weighted by Gasteiger charge is 2.13. The van der Waals surface area contributed by atoms with Crippen LogP contribution in [0.1, 0.15) is 18.5 Å². The van der Waals surface area contributed by atoms with Gasteiger partial charge in [0, 0.05) is 12.2 Å². The smallest absolute Gasteiger partial charge is 0.0632 e. The maximum atomic E-state index is 9.51. The summed E-state index contributed by atoms with van der Waals surface area (Å²) in [5.74, 6) is 0. The number of rotatable bonds is 6. The van der Waals surface area contributed by atoms with Crippen LogP contribution in [0.3, 0.4) is 0 Å². The standard InChI is InChI=1S/C14H18BrN3O/c1-11(8-18-9-13(15)7-16-18)17-14(10-19)12-5-3-2-4-6-12/h2-7,9,11,14,17,19H,8,10H2,1H3. The summed E-state index contributed by atoms with van der Waals surface area (Å²) in [6.45, 7) is 2.92. The number of hydrogen-bond acceptors (Lipinski definition) is 3. The molecule has 2 unspecified atom stereocenters. The summed E-state index contributed by atoms with van der Waals surface area (Å²) in [7, 11) is 0. The third-order valence-electron chi connectivity index (χ3n) is 2.93. The summed E-state index contributed by atoms with van der Waals surface area (Å²) >= 11 is 3.38. The summed E-state index contributed by atoms with van der Waals surface area (Å²) in [6.07, 6.45) is 3.71. The Morgan fingerprint density at radius 1 is 1.37 bits per heavy atom. The zero-order valence-electron chi connectivity index (χ0n) is 10.8. The molecule has 0 aliphatic carbocycles. The van der Waals surface area contributed by atoms with E-state index >= 15 is 0 Å². The average Bonchev–Trinajstić information content (AvgIpc) is 2.82. The van der Waals surface area contributed by atoms with Gasteiger partial charge in [0.2, 0.25) is 0 Å². The molecule has 1 aromatic heterocycles. The minimum Gasteiger partial charge on any atom is -0.394 e. The van der Waals surface area contributed by atoms with Crippen molar-refractivity contribution in [3.63, 3.8) is 0 Å². The Morgan fingerprint density at radius 3 is 2.68 bits per heavy atom. The van der Waals surface area contributed by atoms with E-state index in [1.807, 2.05) is 41.2 Å². The minimum atomic E-state index is -0.0461. The Hall–Kier alpha value is -1.17. The van der Waals surface area contributed by atoms with Crippen molar-refractivity contribution in [1.82, 2.24) is 15.1 Å². The van der Waals surface area contributed by atoms with Crippen LogP contribution < -0.4 is 5.32 Å². The largest absolute Gasteiger partial charge is 0.394 e. The number of nitrogens with zero attached hydrogens (tertiary/aromatic N) is 2. The Balaban J connectivity index is 1.95. The van der Waals surface area contributed by atoms with Gasteiger partial charge in [-0.1, -0.05) is 30.3 Å². The molecule has 19 heavy (non-hydrogen) atoms. The summed E-state index contributed by atoms with van der Waals surface area (Å²) in [5, 5.41) is 17.1. The van der Waals surface area contributed by atoms with E-state index in [-0.39, 0.29) is 18.7 Å². The van der Waals surface area contributed by atoms with Crippen LogP contribution in [-0.2, 0) is 6.54 Å². The first-order valence-corrected chi connectivity index (χ1v) is 7.08. The van der Waals surface area contributed by atoms with Crippen molar-refractivity contribution in [2.45, 2.75) is 25.6 Å². The molecule has 0 fully saturated rings. The fraction of sp³-hybridized carbons (Fsp3) is 0.357. The molecule has 1 heterocycles. The molecule has 5 heteroatoms. The molecule has 4 nitrogen and oxygen atoms in total. The van der Waals surface area contributed by atoms with Gasteiger partial charge in [0.05, 0.1) is 29.9 Å². The molecule has 2 N–H and O–H groups in total. The fourth-order valence-corrected chi connectivity index (χ4v) is 2.38. The normalized spacial score (nSPS) is 14.3. The highest BCUT2D eigenvalue weighted by molar-refractivity contribution is 9.10. The molecule has 2 rings (SSSR count). The van der Waals surface area contributed by atoms with Crippen molar-refractivity contribution >= 4 is 15.9 Å². The Labute approximate surface area is 121 Å². The molecule has 0 aliphatic heterocycles. The van der Waals surface area contributed by atoms with E-state index in [1.165, 1.54) is 0 Å². The number of aromatic nitrogens is 2. The second-order valence-electron chi connectivity index (χ2n) is 4.59. The van der Waals surface area contributed by atoms with Crippen LogP contribution in [0.2, 0.25) is 0 Å². The highest BCUT2D eigenvalue weighted by Crippen LogP contribution is 2.13. The van der Waals surface area contributed by atoms with Gasteiger partial charge in [-0.05, 0) is 28.4 Å². The molecule has 0 saturated heterocycles. The lowest BCUT2D eigenvalue weighted by Gasteiger charge is -2.22. The molecular weight excluding hydrogens is 306 g/mol. The number of hydrogen-bond donors (Lipinski definition) is 2. The zero-order valence-corrected chi connectivity index (χ0v) is 12.4. The van der Waals surface area contributed by atoms with E-state index in [9.17, 15) is 5.11 Å². The van der Waals surface area contributed by atoms with Gasteiger partial charge >= 0.3 is 0 Å². The summed E-state index contributed by atoms with van der Waals surface area (Å²) in [4.78, 5) is 0. The summed E-state index contributed by atoms with van der Waals surface area (Å²) in [5.41, 5.74) is 1.10. The van der Waals surface area contributed by atoms with Crippen molar-refractivity contribution < 1.29 is 5.11 Å². The second-order valence-corrected chi connectivity index (χ2v) is 5.51. The van der Waals surface area contributed by atoms with Crippen LogP contribution in [0.15, 0.2) is 47.2 Å². The molecule has 0 saturated carbocycles. The van der Waals surface area contributed by atoms with E-state index in [0.29, 0.717) is 0 Å². The van der Waals surface area contributed by atoms with Gasteiger partial charge in [-0.3, -0.25) is 4.68 Å². The number of benzene rings is 1. The number of aliphatic hydroxyl groups is 1. The van der Waals surface area contributed by atoms with Crippen LogP contribution in [0.5, 0.6) is 0 Å². The Bertz CT molecular complexity index is 500. The van der Waals surface area contributed by atoms with Crippen LogP contribution >= 0.6 is 15.9 Å². The third-order valence-corrected chi connectivity index (χ3v) is 3.34. The molecule has 102 valence electrons. The van der Waals surface area contributed by atoms with E-state index in [0.717, 1.165) is 16.6 Å². The zero-order chi connectivity index (χ0) is 13.7. The molecule has 0 spiro atoms. The van der Waals surface area contributed by atoms with Crippen LogP contribution in [-0.4, -0.2) is 27.5 Å². The van der Waals surface area contributed by atoms with E-state index < -0.39 is 0 Å². The molecule has 0 bridgehead atoms. The quantitative estimate of drug-likeness (QED) is 0.858. The fourth-order valence-electron chi connectivity index (χ4n) is 2.05. The lowest BCUT2D eigenvalue weighted by atomic mass is 10.1. The summed E-state index contributed by atoms with van der Waals surface area (Å²) in [6, 6.07) is 10.1. The second kappa shape index (κ2) is 6.84.